The zero-order valence-electron chi connectivity index (χ0n) is 17.8. The molecule has 31 heavy (non-hydrogen) atoms. The first-order valence-electron chi connectivity index (χ1n) is 10.4. The molecular formula is C25H28N2O3S. The number of aliphatic hydroxyl groups is 1. The van der Waals surface area contributed by atoms with Gasteiger partial charge in [0.15, 0.2) is 0 Å². The molecule has 0 saturated heterocycles. The van der Waals surface area contributed by atoms with E-state index in [9.17, 15) is 15.0 Å². The number of aromatic nitrogens is 1. The average molecular weight is 437 g/mol. The molecule has 1 heterocycles. The Balaban J connectivity index is 1.58. The second-order valence-corrected chi connectivity index (χ2v) is 9.25. The van der Waals surface area contributed by atoms with Crippen LogP contribution in [0.2, 0.25) is 0 Å². The minimum absolute atomic E-state index is 0.305. The van der Waals surface area contributed by atoms with Gasteiger partial charge in [-0.15, -0.1) is 11.8 Å². The van der Waals surface area contributed by atoms with E-state index in [1.807, 2.05) is 24.3 Å². The molecule has 3 N–H and O–H groups in total. The Labute approximate surface area is 187 Å². The smallest absolute Gasteiger partial charge is 0.336 e. The third kappa shape index (κ3) is 6.66. The summed E-state index contributed by atoms with van der Waals surface area (Å²) in [6, 6.07) is 17.5. The van der Waals surface area contributed by atoms with Crippen LogP contribution in [0.3, 0.4) is 0 Å². The molecule has 0 aliphatic rings. The highest BCUT2D eigenvalue weighted by Crippen LogP contribution is 2.31. The molecule has 0 radical (unpaired) electrons. The zero-order chi connectivity index (χ0) is 22.2. The van der Waals surface area contributed by atoms with Crippen LogP contribution in [0.5, 0.6) is 0 Å². The van der Waals surface area contributed by atoms with Gasteiger partial charge in [0, 0.05) is 34.6 Å². The number of rotatable bonds is 10. The minimum Gasteiger partial charge on any atom is -0.478 e. The molecule has 2 aromatic carbocycles. The molecule has 3 aromatic rings. The molecule has 162 valence electrons. The maximum Gasteiger partial charge on any atom is 0.336 e. The molecule has 0 aliphatic carbocycles. The number of hydrogen-bond acceptors (Lipinski definition) is 5. The summed E-state index contributed by atoms with van der Waals surface area (Å²) >= 11 is 1.57. The lowest BCUT2D eigenvalue weighted by Gasteiger charge is -2.12. The summed E-state index contributed by atoms with van der Waals surface area (Å²) < 4.78 is 0. The van der Waals surface area contributed by atoms with E-state index in [2.05, 4.69) is 48.4 Å². The second kappa shape index (κ2) is 11.1. The number of thioether (sulfide) groups is 1. The summed E-state index contributed by atoms with van der Waals surface area (Å²) in [5.41, 5.74) is 4.43. The highest BCUT2D eigenvalue weighted by molar-refractivity contribution is 8.00. The van der Waals surface area contributed by atoms with Gasteiger partial charge in [0.05, 0.1) is 11.7 Å². The third-order valence-corrected chi connectivity index (χ3v) is 5.92. The van der Waals surface area contributed by atoms with E-state index in [4.69, 9.17) is 0 Å². The molecular weight excluding hydrogens is 408 g/mol. The number of hydrogen-bond donors (Lipinski definition) is 3. The van der Waals surface area contributed by atoms with Crippen LogP contribution in [0.15, 0.2) is 71.9 Å². The van der Waals surface area contributed by atoms with Crippen LogP contribution in [-0.2, 0) is 6.42 Å². The van der Waals surface area contributed by atoms with Gasteiger partial charge in [-0.3, -0.25) is 4.98 Å². The highest BCUT2D eigenvalue weighted by atomic mass is 32.2. The SMILES string of the molecule is CC(C)Sc1cc(-c2ccc(CCNC[C@H](O)c3cccnc3)cc2)ccc1C(=O)O. The van der Waals surface area contributed by atoms with Gasteiger partial charge in [0.2, 0.25) is 0 Å². The third-order valence-electron chi connectivity index (χ3n) is 4.86. The Morgan fingerprint density at radius 3 is 2.48 bits per heavy atom. The van der Waals surface area contributed by atoms with E-state index in [1.54, 1.807) is 30.2 Å². The van der Waals surface area contributed by atoms with Crippen molar-refractivity contribution in [2.75, 3.05) is 13.1 Å². The molecule has 0 saturated carbocycles. The maximum absolute atomic E-state index is 11.5. The van der Waals surface area contributed by atoms with Crippen LogP contribution < -0.4 is 5.32 Å². The predicted molar refractivity (Wildman–Crippen MR) is 126 cm³/mol. The Bertz CT molecular complexity index is 991. The predicted octanol–water partition coefficient (Wildman–Crippen LogP) is 4.81. The highest BCUT2D eigenvalue weighted by Gasteiger charge is 2.13. The quantitative estimate of drug-likeness (QED) is 0.312. The number of aromatic carboxylic acids is 1. The average Bonchev–Trinajstić information content (AvgIpc) is 2.77. The first-order valence-corrected chi connectivity index (χ1v) is 11.2. The summed E-state index contributed by atoms with van der Waals surface area (Å²) in [4.78, 5) is 16.3. The summed E-state index contributed by atoms with van der Waals surface area (Å²) in [5.74, 6) is -0.897. The van der Waals surface area contributed by atoms with Crippen molar-refractivity contribution in [1.29, 1.82) is 0 Å². The lowest BCUT2D eigenvalue weighted by Crippen LogP contribution is -2.23. The second-order valence-electron chi connectivity index (χ2n) is 7.64. The summed E-state index contributed by atoms with van der Waals surface area (Å²) in [6.45, 7) is 5.36. The number of carboxylic acid groups (broad SMARTS) is 1. The van der Waals surface area contributed by atoms with Crippen molar-refractivity contribution < 1.29 is 15.0 Å². The van der Waals surface area contributed by atoms with Gasteiger partial charge in [-0.25, -0.2) is 4.79 Å². The van der Waals surface area contributed by atoms with Crippen molar-refractivity contribution in [1.82, 2.24) is 10.3 Å². The van der Waals surface area contributed by atoms with Crippen LogP contribution >= 0.6 is 11.8 Å². The van der Waals surface area contributed by atoms with Gasteiger partial charge >= 0.3 is 5.97 Å². The fraction of sp³-hybridized carbons (Fsp3) is 0.280. The Hall–Kier alpha value is -2.67. The molecule has 0 bridgehead atoms. The summed E-state index contributed by atoms with van der Waals surface area (Å²) in [6.07, 6.45) is 3.66. The molecule has 0 fully saturated rings. The topological polar surface area (TPSA) is 82.5 Å². The zero-order valence-corrected chi connectivity index (χ0v) is 18.6. The van der Waals surface area contributed by atoms with Gasteiger partial charge in [-0.1, -0.05) is 50.2 Å². The standard InChI is InChI=1S/C25H28N2O3S/c1-17(2)31-24-14-20(9-10-22(24)25(29)30)19-7-5-18(6-8-19)11-13-27-16-23(28)21-4-3-12-26-15-21/h3-10,12,14-15,17,23,27-28H,11,13,16H2,1-2H3,(H,29,30)/t23-/m0/s1. The van der Waals surface area contributed by atoms with Gasteiger partial charge in [-0.05, 0) is 47.9 Å². The molecule has 1 aromatic heterocycles. The van der Waals surface area contributed by atoms with Crippen molar-refractivity contribution in [3.63, 3.8) is 0 Å². The van der Waals surface area contributed by atoms with Gasteiger partial charge in [-0.2, -0.15) is 0 Å². The van der Waals surface area contributed by atoms with E-state index >= 15 is 0 Å². The molecule has 6 heteroatoms. The Kier molecular flexibility index (Phi) is 8.23. The van der Waals surface area contributed by atoms with Crippen molar-refractivity contribution in [2.45, 2.75) is 36.5 Å². The molecule has 0 amide bonds. The fourth-order valence-corrected chi connectivity index (χ4v) is 4.24. The number of nitrogens with zero attached hydrogens (tertiary/aromatic N) is 1. The number of pyridine rings is 1. The van der Waals surface area contributed by atoms with Crippen LogP contribution in [0.4, 0.5) is 0 Å². The Morgan fingerprint density at radius 2 is 1.84 bits per heavy atom. The maximum atomic E-state index is 11.5. The molecule has 0 unspecified atom stereocenters. The van der Waals surface area contributed by atoms with Gasteiger partial charge in [0.25, 0.3) is 0 Å². The fourth-order valence-electron chi connectivity index (χ4n) is 3.26. The van der Waals surface area contributed by atoms with Crippen molar-refractivity contribution in [2.24, 2.45) is 0 Å². The largest absolute Gasteiger partial charge is 0.478 e. The van der Waals surface area contributed by atoms with Crippen LogP contribution in [0.25, 0.3) is 11.1 Å². The van der Waals surface area contributed by atoms with E-state index in [-0.39, 0.29) is 0 Å². The number of aliphatic hydroxyl groups excluding tert-OH is 1. The summed E-state index contributed by atoms with van der Waals surface area (Å²) in [7, 11) is 0. The van der Waals surface area contributed by atoms with Gasteiger partial charge in [0.1, 0.15) is 0 Å². The van der Waals surface area contributed by atoms with Gasteiger partial charge < -0.3 is 15.5 Å². The number of carboxylic acids is 1. The lowest BCUT2D eigenvalue weighted by molar-refractivity contribution is 0.0693. The van der Waals surface area contributed by atoms with E-state index in [0.717, 1.165) is 34.6 Å². The monoisotopic (exact) mass is 436 g/mol. The van der Waals surface area contributed by atoms with Crippen molar-refractivity contribution >= 4 is 17.7 Å². The van der Waals surface area contributed by atoms with Crippen LogP contribution in [0.1, 0.15) is 41.4 Å². The van der Waals surface area contributed by atoms with E-state index in [0.29, 0.717) is 17.4 Å². The first kappa shape index (κ1) is 23.0. The minimum atomic E-state index is -0.897. The lowest BCUT2D eigenvalue weighted by atomic mass is 10.0. The molecule has 5 nitrogen and oxygen atoms in total. The van der Waals surface area contributed by atoms with Crippen LogP contribution in [0, 0.1) is 0 Å². The first-order chi connectivity index (χ1) is 14.9. The van der Waals surface area contributed by atoms with Crippen molar-refractivity contribution in [3.05, 3.63) is 83.7 Å². The van der Waals surface area contributed by atoms with Crippen molar-refractivity contribution in [3.8, 4) is 11.1 Å². The van der Waals surface area contributed by atoms with E-state index in [1.165, 1.54) is 5.56 Å². The number of nitrogens with one attached hydrogen (secondary N) is 1. The number of benzene rings is 2. The molecule has 1 atom stereocenters. The molecule has 3 rings (SSSR count). The number of carbonyl (C=O) groups is 1. The molecule has 0 aliphatic heterocycles. The van der Waals surface area contributed by atoms with E-state index < -0.39 is 12.1 Å². The van der Waals surface area contributed by atoms with Crippen LogP contribution in [-0.4, -0.2) is 39.5 Å². The summed E-state index contributed by atoms with van der Waals surface area (Å²) in [5, 5.41) is 23.2. The normalized spacial score (nSPS) is 12.1. The molecule has 0 spiro atoms. The Morgan fingerprint density at radius 1 is 1.10 bits per heavy atom.